The molecule has 4 aromatic rings. The molecule has 6 heteroatoms. The molecule has 0 bridgehead atoms. The summed E-state index contributed by atoms with van der Waals surface area (Å²) in [6.07, 6.45) is 2.44. The molecule has 6 nitrogen and oxygen atoms in total. The number of esters is 1. The van der Waals surface area contributed by atoms with Gasteiger partial charge < -0.3 is 9.15 Å². The number of hydrogen-bond acceptors (Lipinski definition) is 5. The van der Waals surface area contributed by atoms with Gasteiger partial charge in [0.1, 0.15) is 5.52 Å². The van der Waals surface area contributed by atoms with E-state index in [1.807, 2.05) is 55.5 Å². The number of nitrogens with zero attached hydrogens (tertiary/aromatic N) is 2. The fourth-order valence-corrected chi connectivity index (χ4v) is 4.15. The van der Waals surface area contributed by atoms with Gasteiger partial charge in [0.25, 0.3) is 5.91 Å². The zero-order valence-corrected chi connectivity index (χ0v) is 17.7. The Morgan fingerprint density at radius 2 is 1.66 bits per heavy atom. The average Bonchev–Trinajstić information content (AvgIpc) is 3.23. The van der Waals surface area contributed by atoms with Gasteiger partial charge in [-0.3, -0.25) is 9.69 Å². The maximum atomic E-state index is 13.8. The highest BCUT2D eigenvalue weighted by Gasteiger charge is 2.32. The number of aromatic nitrogens is 1. The van der Waals surface area contributed by atoms with Crippen LogP contribution in [0.2, 0.25) is 0 Å². The monoisotopic (exact) mass is 426 g/mol. The van der Waals surface area contributed by atoms with E-state index < -0.39 is 12.1 Å². The van der Waals surface area contributed by atoms with Crippen molar-refractivity contribution in [1.82, 2.24) is 4.98 Å². The molecule has 0 spiro atoms. The molecule has 160 valence electrons. The van der Waals surface area contributed by atoms with Gasteiger partial charge in [-0.1, -0.05) is 43.3 Å². The molecular formula is C26H22N2O4. The number of rotatable bonds is 4. The van der Waals surface area contributed by atoms with E-state index >= 15 is 0 Å². The number of hydrogen-bond donors (Lipinski definition) is 0. The van der Waals surface area contributed by atoms with Crippen LogP contribution in [-0.2, 0) is 22.4 Å². The summed E-state index contributed by atoms with van der Waals surface area (Å²) in [5.74, 6) is -0.823. The maximum absolute atomic E-state index is 13.8. The Morgan fingerprint density at radius 3 is 2.31 bits per heavy atom. The van der Waals surface area contributed by atoms with Gasteiger partial charge in [0, 0.05) is 0 Å². The number of aryl methyl sites for hydroxylation is 2. The first-order valence-electron chi connectivity index (χ1n) is 10.7. The van der Waals surface area contributed by atoms with Crippen LogP contribution in [0, 0.1) is 0 Å². The highest BCUT2D eigenvalue weighted by Crippen LogP contribution is 2.37. The topological polar surface area (TPSA) is 72.6 Å². The largest absolute Gasteiger partial charge is 0.449 e. The molecule has 1 aliphatic rings. The highest BCUT2D eigenvalue weighted by atomic mass is 16.5. The number of carbonyl (C=O) groups is 2. The average molecular weight is 426 g/mol. The molecule has 0 aliphatic carbocycles. The molecule has 1 amide bonds. The number of oxazole rings is 1. The van der Waals surface area contributed by atoms with E-state index in [9.17, 15) is 9.59 Å². The number of fused-ring (bicyclic) bond motifs is 3. The summed E-state index contributed by atoms with van der Waals surface area (Å²) in [4.78, 5) is 32.4. The lowest BCUT2D eigenvalue weighted by Crippen LogP contribution is -2.39. The smallest absolute Gasteiger partial charge is 0.338 e. The van der Waals surface area contributed by atoms with Gasteiger partial charge in [-0.2, -0.15) is 0 Å². The minimum atomic E-state index is -0.922. The van der Waals surface area contributed by atoms with Gasteiger partial charge in [-0.05, 0) is 60.7 Å². The van der Waals surface area contributed by atoms with Gasteiger partial charge >= 0.3 is 5.97 Å². The minimum Gasteiger partial charge on any atom is -0.449 e. The van der Waals surface area contributed by atoms with Crippen LogP contribution in [-0.4, -0.2) is 23.0 Å². The van der Waals surface area contributed by atoms with Crippen molar-refractivity contribution >= 4 is 34.4 Å². The van der Waals surface area contributed by atoms with Crippen LogP contribution >= 0.6 is 0 Å². The number of benzene rings is 3. The number of ether oxygens (including phenoxy) is 1. The molecule has 0 saturated heterocycles. The molecule has 1 atom stereocenters. The van der Waals surface area contributed by atoms with Crippen LogP contribution in [0.1, 0.15) is 34.8 Å². The standard InChI is InChI=1S/C26H22N2O4/c1-2-23(32-26(30)19-13-14-24-20(15-19)27-16-31-24)25(29)28-21-9-5-3-7-17(21)11-12-18-8-4-6-10-22(18)28/h3-10,13-16,23H,2,11-12H2,1H3. The van der Waals surface area contributed by atoms with Crippen molar-refractivity contribution in [1.29, 1.82) is 0 Å². The zero-order chi connectivity index (χ0) is 22.1. The summed E-state index contributed by atoms with van der Waals surface area (Å²) >= 11 is 0. The van der Waals surface area contributed by atoms with Crippen LogP contribution in [0.3, 0.4) is 0 Å². The first-order valence-corrected chi connectivity index (χ1v) is 10.7. The van der Waals surface area contributed by atoms with Crippen LogP contribution in [0.25, 0.3) is 11.1 Å². The van der Waals surface area contributed by atoms with E-state index in [2.05, 4.69) is 4.98 Å². The Hall–Kier alpha value is -3.93. The molecule has 1 aromatic heterocycles. The molecule has 32 heavy (non-hydrogen) atoms. The molecule has 0 N–H and O–H groups in total. The maximum Gasteiger partial charge on any atom is 0.338 e. The zero-order valence-electron chi connectivity index (χ0n) is 17.7. The summed E-state index contributed by atoms with van der Waals surface area (Å²) < 4.78 is 10.9. The van der Waals surface area contributed by atoms with Crippen molar-refractivity contribution < 1.29 is 18.7 Å². The van der Waals surface area contributed by atoms with E-state index in [0.29, 0.717) is 23.1 Å². The molecule has 1 aliphatic heterocycles. The molecule has 3 aromatic carbocycles. The summed E-state index contributed by atoms with van der Waals surface area (Å²) in [5.41, 5.74) is 5.33. The molecule has 0 saturated carbocycles. The third kappa shape index (κ3) is 3.54. The molecule has 2 heterocycles. The first kappa shape index (κ1) is 20.0. The van der Waals surface area contributed by atoms with Crippen molar-refractivity contribution in [2.24, 2.45) is 0 Å². The van der Waals surface area contributed by atoms with E-state index in [1.54, 1.807) is 23.1 Å². The Labute approximate surface area is 185 Å². The molecule has 5 rings (SSSR count). The SMILES string of the molecule is CCC(OC(=O)c1ccc2ocnc2c1)C(=O)N1c2ccccc2CCc2ccccc21. The van der Waals surface area contributed by atoms with Gasteiger partial charge in [-0.15, -0.1) is 0 Å². The third-order valence-corrected chi connectivity index (χ3v) is 5.81. The predicted molar refractivity (Wildman–Crippen MR) is 121 cm³/mol. The van der Waals surface area contributed by atoms with Crippen LogP contribution < -0.4 is 4.90 Å². The molecule has 0 radical (unpaired) electrons. The Morgan fingerprint density at radius 1 is 1.00 bits per heavy atom. The third-order valence-electron chi connectivity index (χ3n) is 5.81. The van der Waals surface area contributed by atoms with E-state index in [1.165, 1.54) is 6.39 Å². The van der Waals surface area contributed by atoms with Crippen molar-refractivity contribution in [2.45, 2.75) is 32.3 Å². The van der Waals surface area contributed by atoms with Crippen molar-refractivity contribution in [2.75, 3.05) is 4.90 Å². The summed E-state index contributed by atoms with van der Waals surface area (Å²) in [5, 5.41) is 0. The molecule has 1 unspecified atom stereocenters. The second-order valence-electron chi connectivity index (χ2n) is 7.77. The Kier molecular flexibility index (Phi) is 5.19. The van der Waals surface area contributed by atoms with Crippen molar-refractivity contribution in [3.8, 4) is 0 Å². The number of para-hydroxylation sites is 2. The summed E-state index contributed by atoms with van der Waals surface area (Å²) in [7, 11) is 0. The van der Waals surface area contributed by atoms with Gasteiger partial charge in [-0.25, -0.2) is 9.78 Å². The van der Waals surface area contributed by atoms with E-state index in [-0.39, 0.29) is 5.91 Å². The minimum absolute atomic E-state index is 0.259. The summed E-state index contributed by atoms with van der Waals surface area (Å²) in [6, 6.07) is 20.7. The second kappa shape index (κ2) is 8.30. The normalized spacial score (nSPS) is 13.7. The van der Waals surface area contributed by atoms with Gasteiger partial charge in [0.05, 0.1) is 16.9 Å². The second-order valence-corrected chi connectivity index (χ2v) is 7.77. The lowest BCUT2D eigenvalue weighted by molar-refractivity contribution is -0.126. The number of anilines is 2. The van der Waals surface area contributed by atoms with Gasteiger partial charge in [0.2, 0.25) is 0 Å². The Bertz CT molecular complexity index is 1260. The van der Waals surface area contributed by atoms with E-state index in [0.717, 1.165) is 35.3 Å². The van der Waals surface area contributed by atoms with Crippen molar-refractivity contribution in [3.05, 3.63) is 89.8 Å². The van der Waals surface area contributed by atoms with E-state index in [4.69, 9.17) is 9.15 Å². The molecular weight excluding hydrogens is 404 g/mol. The lowest BCUT2D eigenvalue weighted by Gasteiger charge is -2.28. The first-order chi connectivity index (χ1) is 15.7. The van der Waals surface area contributed by atoms with Crippen LogP contribution in [0.4, 0.5) is 11.4 Å². The molecule has 0 fully saturated rings. The lowest BCUT2D eigenvalue weighted by atomic mass is 10.0. The highest BCUT2D eigenvalue weighted by molar-refractivity contribution is 6.06. The Balaban J connectivity index is 1.48. The quantitative estimate of drug-likeness (QED) is 0.418. The number of amides is 1. The summed E-state index contributed by atoms with van der Waals surface area (Å²) in [6.45, 7) is 1.84. The number of carbonyl (C=O) groups excluding carboxylic acids is 2. The predicted octanol–water partition coefficient (Wildman–Crippen LogP) is 5.23. The van der Waals surface area contributed by atoms with Gasteiger partial charge in [0.15, 0.2) is 18.1 Å². The van der Waals surface area contributed by atoms with Crippen LogP contribution in [0.5, 0.6) is 0 Å². The van der Waals surface area contributed by atoms with Crippen molar-refractivity contribution in [3.63, 3.8) is 0 Å². The van der Waals surface area contributed by atoms with Crippen LogP contribution in [0.15, 0.2) is 77.5 Å². The fourth-order valence-electron chi connectivity index (χ4n) is 4.15. The fraction of sp³-hybridized carbons (Fsp3) is 0.192.